The first kappa shape index (κ1) is 11.5. The lowest BCUT2D eigenvalue weighted by Crippen LogP contribution is -2.32. The van der Waals surface area contributed by atoms with Gasteiger partial charge in [0.25, 0.3) is 0 Å². The summed E-state index contributed by atoms with van der Waals surface area (Å²) in [5.41, 5.74) is 0.377. The number of carboxylic acids is 1. The molecule has 5 heteroatoms. The summed E-state index contributed by atoms with van der Waals surface area (Å²) in [6.07, 6.45) is 0. The number of rotatable bonds is 3. The van der Waals surface area contributed by atoms with E-state index in [0.717, 1.165) is 0 Å². The molecule has 2 N–H and O–H groups in total. The second-order valence-corrected chi connectivity index (χ2v) is 3.40. The number of nitrogens with one attached hydrogen (secondary N) is 1. The maximum Gasteiger partial charge on any atom is 0.330 e. The Morgan fingerprint density at radius 1 is 1.40 bits per heavy atom. The van der Waals surface area contributed by atoms with Gasteiger partial charge in [-0.05, 0) is 6.07 Å². The van der Waals surface area contributed by atoms with E-state index in [4.69, 9.17) is 16.7 Å². The molecule has 1 amide bonds. The number of carbonyl (C=O) groups is 2. The van der Waals surface area contributed by atoms with Gasteiger partial charge < -0.3 is 10.4 Å². The minimum absolute atomic E-state index is 0.318. The lowest BCUT2D eigenvalue weighted by Gasteiger charge is -2.14. The second-order valence-electron chi connectivity index (χ2n) is 2.99. The molecule has 0 heterocycles. The largest absolute Gasteiger partial charge is 0.479 e. The highest BCUT2D eigenvalue weighted by atomic mass is 35.5. The lowest BCUT2D eigenvalue weighted by molar-refractivity contribution is -0.141. The minimum Gasteiger partial charge on any atom is -0.479 e. The van der Waals surface area contributed by atoms with Crippen LogP contribution in [0.2, 0.25) is 5.02 Å². The molecule has 0 bridgehead atoms. The van der Waals surface area contributed by atoms with Crippen LogP contribution in [0, 0.1) is 0 Å². The number of hydrogen-bond acceptors (Lipinski definition) is 2. The zero-order valence-electron chi connectivity index (χ0n) is 8.03. The Kier molecular flexibility index (Phi) is 3.68. The predicted molar refractivity (Wildman–Crippen MR) is 55.6 cm³/mol. The quantitative estimate of drug-likeness (QED) is 0.824. The van der Waals surface area contributed by atoms with Crippen molar-refractivity contribution in [2.75, 3.05) is 0 Å². The summed E-state index contributed by atoms with van der Waals surface area (Å²) in [4.78, 5) is 21.7. The number of benzene rings is 1. The van der Waals surface area contributed by atoms with Gasteiger partial charge in [0.05, 0.1) is 0 Å². The summed E-state index contributed by atoms with van der Waals surface area (Å²) in [7, 11) is 0. The summed E-state index contributed by atoms with van der Waals surface area (Å²) in [6.45, 7) is 1.26. The zero-order chi connectivity index (χ0) is 11.4. The van der Waals surface area contributed by atoms with E-state index in [0.29, 0.717) is 10.6 Å². The molecule has 0 aliphatic rings. The predicted octanol–water partition coefficient (Wildman–Crippen LogP) is 1.60. The van der Waals surface area contributed by atoms with Crippen LogP contribution in [-0.4, -0.2) is 17.0 Å². The molecule has 0 aliphatic carbocycles. The fraction of sp³-hybridized carbons (Fsp3) is 0.200. The van der Waals surface area contributed by atoms with Crippen LogP contribution in [0.4, 0.5) is 0 Å². The van der Waals surface area contributed by atoms with Gasteiger partial charge in [-0.25, -0.2) is 4.79 Å². The third-order valence-electron chi connectivity index (χ3n) is 1.81. The average molecular weight is 228 g/mol. The molecule has 1 rings (SSSR count). The van der Waals surface area contributed by atoms with Crippen molar-refractivity contribution < 1.29 is 14.7 Å². The highest BCUT2D eigenvalue weighted by Crippen LogP contribution is 2.22. The SMILES string of the molecule is CC(=O)NC(C(=O)O)c1ccccc1Cl. The first-order valence-electron chi connectivity index (χ1n) is 4.26. The van der Waals surface area contributed by atoms with Crippen LogP contribution in [0.15, 0.2) is 24.3 Å². The summed E-state index contributed by atoms with van der Waals surface area (Å²) < 4.78 is 0. The van der Waals surface area contributed by atoms with E-state index in [9.17, 15) is 9.59 Å². The van der Waals surface area contributed by atoms with Crippen molar-refractivity contribution in [3.8, 4) is 0 Å². The smallest absolute Gasteiger partial charge is 0.330 e. The van der Waals surface area contributed by atoms with Gasteiger partial charge in [-0.15, -0.1) is 0 Å². The molecule has 1 aromatic carbocycles. The number of amides is 1. The zero-order valence-corrected chi connectivity index (χ0v) is 8.78. The molecule has 1 atom stereocenters. The standard InChI is InChI=1S/C10H10ClNO3/c1-6(13)12-9(10(14)15)7-4-2-3-5-8(7)11/h2-5,9H,1H3,(H,12,13)(H,14,15). The van der Waals surface area contributed by atoms with Crippen molar-refractivity contribution in [2.24, 2.45) is 0 Å². The molecule has 0 saturated heterocycles. The molecule has 80 valence electrons. The fourth-order valence-corrected chi connectivity index (χ4v) is 1.43. The molecular weight excluding hydrogens is 218 g/mol. The summed E-state index contributed by atoms with van der Waals surface area (Å²) in [5.74, 6) is -1.55. The van der Waals surface area contributed by atoms with E-state index in [1.54, 1.807) is 24.3 Å². The Hall–Kier alpha value is -1.55. The molecule has 0 aromatic heterocycles. The van der Waals surface area contributed by atoms with Crippen LogP contribution in [0.25, 0.3) is 0 Å². The van der Waals surface area contributed by atoms with Gasteiger partial charge in [0.1, 0.15) is 0 Å². The van der Waals surface area contributed by atoms with Gasteiger partial charge in [-0.1, -0.05) is 29.8 Å². The van der Waals surface area contributed by atoms with Crippen molar-refractivity contribution in [3.63, 3.8) is 0 Å². The van der Waals surface area contributed by atoms with E-state index in [1.807, 2.05) is 0 Å². The van der Waals surface area contributed by atoms with Crippen molar-refractivity contribution in [1.82, 2.24) is 5.32 Å². The molecule has 0 radical (unpaired) electrons. The molecule has 0 spiro atoms. The van der Waals surface area contributed by atoms with Crippen LogP contribution >= 0.6 is 11.6 Å². The topological polar surface area (TPSA) is 66.4 Å². The summed E-state index contributed by atoms with van der Waals surface area (Å²) in [6, 6.07) is 5.40. The third-order valence-corrected chi connectivity index (χ3v) is 2.15. The van der Waals surface area contributed by atoms with Crippen molar-refractivity contribution >= 4 is 23.5 Å². The Labute approximate surface area is 91.9 Å². The van der Waals surface area contributed by atoms with Gasteiger partial charge in [0.15, 0.2) is 6.04 Å². The van der Waals surface area contributed by atoms with E-state index in [-0.39, 0.29) is 0 Å². The van der Waals surface area contributed by atoms with Gasteiger partial charge in [-0.2, -0.15) is 0 Å². The van der Waals surface area contributed by atoms with Crippen LogP contribution in [0.5, 0.6) is 0 Å². The molecule has 0 fully saturated rings. The van der Waals surface area contributed by atoms with Crippen LogP contribution in [0.3, 0.4) is 0 Å². The average Bonchev–Trinajstić information content (AvgIpc) is 2.15. The monoisotopic (exact) mass is 227 g/mol. The Morgan fingerprint density at radius 2 is 2.00 bits per heavy atom. The Morgan fingerprint density at radius 3 is 2.47 bits per heavy atom. The summed E-state index contributed by atoms with van der Waals surface area (Å²) in [5, 5.41) is 11.6. The third kappa shape index (κ3) is 2.95. The van der Waals surface area contributed by atoms with Crippen LogP contribution in [0.1, 0.15) is 18.5 Å². The fourth-order valence-electron chi connectivity index (χ4n) is 1.18. The molecule has 4 nitrogen and oxygen atoms in total. The number of hydrogen-bond donors (Lipinski definition) is 2. The first-order valence-corrected chi connectivity index (χ1v) is 4.64. The van der Waals surface area contributed by atoms with E-state index < -0.39 is 17.9 Å². The Balaban J connectivity index is 3.04. The maximum atomic E-state index is 10.9. The summed E-state index contributed by atoms with van der Waals surface area (Å²) >= 11 is 5.83. The van der Waals surface area contributed by atoms with Gasteiger partial charge in [-0.3, -0.25) is 4.79 Å². The molecule has 0 aliphatic heterocycles. The second kappa shape index (κ2) is 4.79. The number of halogens is 1. The molecule has 1 unspecified atom stereocenters. The number of carboxylic acid groups (broad SMARTS) is 1. The van der Waals surface area contributed by atoms with Crippen molar-refractivity contribution in [2.45, 2.75) is 13.0 Å². The molecule has 1 aromatic rings. The van der Waals surface area contributed by atoms with Gasteiger partial charge in [0, 0.05) is 17.5 Å². The van der Waals surface area contributed by atoms with E-state index >= 15 is 0 Å². The van der Waals surface area contributed by atoms with E-state index in [2.05, 4.69) is 5.32 Å². The maximum absolute atomic E-state index is 10.9. The Bertz CT molecular complexity index is 392. The number of aliphatic carboxylic acids is 1. The highest BCUT2D eigenvalue weighted by molar-refractivity contribution is 6.31. The van der Waals surface area contributed by atoms with Crippen molar-refractivity contribution in [3.05, 3.63) is 34.9 Å². The number of carbonyl (C=O) groups excluding carboxylic acids is 1. The molecular formula is C10H10ClNO3. The van der Waals surface area contributed by atoms with Crippen LogP contribution < -0.4 is 5.32 Å². The molecule has 0 saturated carbocycles. The highest BCUT2D eigenvalue weighted by Gasteiger charge is 2.22. The van der Waals surface area contributed by atoms with Gasteiger partial charge in [0.2, 0.25) is 5.91 Å². The van der Waals surface area contributed by atoms with Crippen molar-refractivity contribution in [1.29, 1.82) is 0 Å². The normalized spacial score (nSPS) is 11.9. The first-order chi connectivity index (χ1) is 7.02. The van der Waals surface area contributed by atoms with Crippen LogP contribution in [-0.2, 0) is 9.59 Å². The molecule has 15 heavy (non-hydrogen) atoms. The lowest BCUT2D eigenvalue weighted by atomic mass is 10.1. The van der Waals surface area contributed by atoms with Gasteiger partial charge >= 0.3 is 5.97 Å². The van der Waals surface area contributed by atoms with E-state index in [1.165, 1.54) is 6.92 Å². The minimum atomic E-state index is -1.14.